The van der Waals surface area contributed by atoms with Gasteiger partial charge in [0, 0.05) is 60.0 Å². The highest BCUT2D eigenvalue weighted by Crippen LogP contribution is 2.37. The van der Waals surface area contributed by atoms with Crippen molar-refractivity contribution in [3.8, 4) is 11.6 Å². The van der Waals surface area contributed by atoms with Crippen LogP contribution in [-0.2, 0) is 15.9 Å². The van der Waals surface area contributed by atoms with Gasteiger partial charge in [0.1, 0.15) is 5.75 Å². The van der Waals surface area contributed by atoms with E-state index >= 15 is 0 Å². The first-order chi connectivity index (χ1) is 18.7. The number of benzene rings is 2. The van der Waals surface area contributed by atoms with Crippen molar-refractivity contribution < 1.29 is 23.7 Å². The largest absolute Gasteiger partial charge is 0.511 e. The molecule has 8 nitrogen and oxygen atoms in total. The molecule has 0 unspecified atom stereocenters. The third-order valence-electron chi connectivity index (χ3n) is 6.85. The van der Waals surface area contributed by atoms with E-state index in [-0.39, 0.29) is 13.4 Å². The van der Waals surface area contributed by atoms with Crippen molar-refractivity contribution in [2.24, 2.45) is 0 Å². The number of nitrogens with zero attached hydrogens (tertiary/aromatic N) is 3. The molecule has 3 heterocycles. The number of aromatic nitrogens is 1. The van der Waals surface area contributed by atoms with Crippen LogP contribution in [0.4, 0.5) is 10.5 Å². The number of unbranched alkanes of at least 4 members (excludes halogenated alkanes) is 1. The maximum atomic E-state index is 11.3. The zero-order chi connectivity index (χ0) is 26.2. The third-order valence-corrected chi connectivity index (χ3v) is 7.95. The topological polar surface area (TPSA) is 73.4 Å². The average Bonchev–Trinajstić information content (AvgIpc) is 3.43. The number of fused-ring (bicyclic) bond motifs is 2. The van der Waals surface area contributed by atoms with Gasteiger partial charge in [-0.05, 0) is 68.6 Å². The van der Waals surface area contributed by atoms with Crippen molar-refractivity contribution in [1.82, 2.24) is 9.88 Å². The molecule has 2 aliphatic rings. The second-order valence-corrected chi connectivity index (χ2v) is 10.5. The molecule has 38 heavy (non-hydrogen) atoms. The van der Waals surface area contributed by atoms with Gasteiger partial charge in [-0.15, -0.1) is 11.8 Å². The van der Waals surface area contributed by atoms with Gasteiger partial charge < -0.3 is 23.8 Å². The summed E-state index contributed by atoms with van der Waals surface area (Å²) < 4.78 is 20.9. The van der Waals surface area contributed by atoms with E-state index in [1.807, 2.05) is 36.0 Å². The molecule has 5 rings (SSSR count). The molecule has 0 amide bonds. The first-order valence-corrected chi connectivity index (χ1v) is 14.4. The normalized spacial score (nSPS) is 15.3. The predicted octanol–water partition coefficient (Wildman–Crippen LogP) is 5.37. The molecule has 0 N–H and O–H groups in total. The fourth-order valence-electron chi connectivity index (χ4n) is 4.89. The molecular formula is C29H35N3O5S. The quantitative estimate of drug-likeness (QED) is 0.182. The molecule has 9 heteroatoms. The van der Waals surface area contributed by atoms with Crippen molar-refractivity contribution in [3.63, 3.8) is 0 Å². The van der Waals surface area contributed by atoms with E-state index in [4.69, 9.17) is 18.9 Å². The number of hydrogen-bond acceptors (Lipinski definition) is 9. The van der Waals surface area contributed by atoms with E-state index in [1.165, 1.54) is 22.8 Å². The molecule has 3 aromatic rings. The molecule has 0 atom stereocenters. The van der Waals surface area contributed by atoms with Gasteiger partial charge in [0.15, 0.2) is 0 Å². The minimum Gasteiger partial charge on any atom is -0.494 e. The Kier molecular flexibility index (Phi) is 9.09. The number of carbonyl (C=O) groups excluding carboxylic acids is 1. The van der Waals surface area contributed by atoms with Gasteiger partial charge in [0.25, 0.3) is 0 Å². The van der Waals surface area contributed by atoms with Crippen molar-refractivity contribution in [2.75, 3.05) is 63.4 Å². The van der Waals surface area contributed by atoms with Crippen LogP contribution in [0.2, 0.25) is 0 Å². The van der Waals surface area contributed by atoms with E-state index in [1.54, 1.807) is 18.6 Å². The second-order valence-electron chi connectivity index (χ2n) is 9.33. The number of ether oxygens (including phenoxy) is 4. The third kappa shape index (κ3) is 6.82. The number of thioether (sulfide) groups is 1. The summed E-state index contributed by atoms with van der Waals surface area (Å²) in [5.41, 5.74) is 3.77. The zero-order valence-electron chi connectivity index (χ0n) is 21.9. The van der Waals surface area contributed by atoms with Crippen LogP contribution in [-0.4, -0.2) is 74.5 Å². The van der Waals surface area contributed by atoms with Gasteiger partial charge in [0.05, 0.1) is 18.7 Å². The molecule has 1 fully saturated rings. The summed E-state index contributed by atoms with van der Waals surface area (Å²) in [4.78, 5) is 22.4. The van der Waals surface area contributed by atoms with E-state index < -0.39 is 6.16 Å². The Labute approximate surface area is 228 Å². The molecule has 2 aliphatic heterocycles. The highest BCUT2D eigenvalue weighted by atomic mass is 32.2. The van der Waals surface area contributed by atoms with Crippen LogP contribution in [0.1, 0.15) is 25.3 Å². The lowest BCUT2D eigenvalue weighted by Gasteiger charge is -2.37. The second kappa shape index (κ2) is 13.1. The Balaban J connectivity index is 1.02. The minimum absolute atomic E-state index is 0.252. The van der Waals surface area contributed by atoms with Crippen LogP contribution in [0.5, 0.6) is 11.6 Å². The fraction of sp³-hybridized carbons (Fsp3) is 0.448. The fourth-order valence-corrected chi connectivity index (χ4v) is 5.97. The highest BCUT2D eigenvalue weighted by molar-refractivity contribution is 7.99. The van der Waals surface area contributed by atoms with Gasteiger partial charge in [0.2, 0.25) is 12.7 Å². The molecule has 0 aliphatic carbocycles. The molecule has 2 aromatic carbocycles. The summed E-state index contributed by atoms with van der Waals surface area (Å²) in [5.74, 6) is 2.37. The van der Waals surface area contributed by atoms with Crippen LogP contribution in [0.3, 0.4) is 0 Å². The van der Waals surface area contributed by atoms with Gasteiger partial charge >= 0.3 is 6.16 Å². The lowest BCUT2D eigenvalue weighted by atomic mass is 10.1. The van der Waals surface area contributed by atoms with Crippen molar-refractivity contribution >= 4 is 34.5 Å². The Bertz CT molecular complexity index is 1230. The van der Waals surface area contributed by atoms with Crippen LogP contribution in [0, 0.1) is 0 Å². The van der Waals surface area contributed by atoms with Crippen LogP contribution in [0.25, 0.3) is 10.9 Å². The molecule has 0 saturated carbocycles. The summed E-state index contributed by atoms with van der Waals surface area (Å²) in [6, 6.07) is 16.3. The standard InChI is InChI=1S/C29H35N3O5S/c1-2-34-29(33)37-21-36-28-11-9-22-8-10-23(20-25(22)30-28)35-18-4-3-13-31-14-16-32(17-15-31)26-6-5-7-27-24(26)12-19-38-27/h5-11,20H,2-4,12-19,21H2,1H3. The first kappa shape index (κ1) is 26.4. The van der Waals surface area contributed by atoms with Crippen LogP contribution >= 0.6 is 11.8 Å². The van der Waals surface area contributed by atoms with E-state index in [0.29, 0.717) is 12.5 Å². The van der Waals surface area contributed by atoms with E-state index in [0.717, 1.165) is 62.2 Å². The molecule has 1 aromatic heterocycles. The molecule has 0 bridgehead atoms. The number of hydrogen-bond donors (Lipinski definition) is 0. The summed E-state index contributed by atoms with van der Waals surface area (Å²) in [7, 11) is 0. The molecule has 0 radical (unpaired) electrons. The Morgan fingerprint density at radius 2 is 1.87 bits per heavy atom. The monoisotopic (exact) mass is 537 g/mol. The smallest absolute Gasteiger partial charge is 0.494 e. The predicted molar refractivity (Wildman–Crippen MR) is 150 cm³/mol. The van der Waals surface area contributed by atoms with Crippen LogP contribution in [0.15, 0.2) is 53.4 Å². The zero-order valence-corrected chi connectivity index (χ0v) is 22.7. The Morgan fingerprint density at radius 3 is 2.74 bits per heavy atom. The Morgan fingerprint density at radius 1 is 1.00 bits per heavy atom. The number of rotatable bonds is 11. The molecule has 202 valence electrons. The van der Waals surface area contributed by atoms with Gasteiger partial charge in [-0.3, -0.25) is 4.90 Å². The van der Waals surface area contributed by atoms with Crippen molar-refractivity contribution in [3.05, 3.63) is 54.1 Å². The maximum Gasteiger partial charge on any atom is 0.511 e. The van der Waals surface area contributed by atoms with Crippen molar-refractivity contribution in [2.45, 2.75) is 31.1 Å². The summed E-state index contributed by atoms with van der Waals surface area (Å²) in [6.07, 6.45) is 2.55. The lowest BCUT2D eigenvalue weighted by Crippen LogP contribution is -2.47. The molecule has 1 saturated heterocycles. The number of carbonyl (C=O) groups is 1. The lowest BCUT2D eigenvalue weighted by molar-refractivity contribution is 0.00544. The van der Waals surface area contributed by atoms with Crippen LogP contribution < -0.4 is 14.4 Å². The van der Waals surface area contributed by atoms with Gasteiger partial charge in [-0.2, -0.15) is 0 Å². The maximum absolute atomic E-state index is 11.3. The summed E-state index contributed by atoms with van der Waals surface area (Å²) >= 11 is 1.99. The average molecular weight is 538 g/mol. The van der Waals surface area contributed by atoms with E-state index in [9.17, 15) is 4.79 Å². The minimum atomic E-state index is -0.763. The van der Waals surface area contributed by atoms with E-state index in [2.05, 4.69) is 33.0 Å². The number of anilines is 1. The van der Waals surface area contributed by atoms with Gasteiger partial charge in [-0.25, -0.2) is 9.78 Å². The van der Waals surface area contributed by atoms with Gasteiger partial charge in [-0.1, -0.05) is 6.07 Å². The summed E-state index contributed by atoms with van der Waals surface area (Å²) in [5, 5.41) is 0.981. The Hall–Kier alpha value is -3.17. The SMILES string of the molecule is CCOC(=O)OCOc1ccc2ccc(OCCCCN3CCN(c4cccc5c4CCS5)CC3)cc2n1. The number of piperazine rings is 1. The first-order valence-electron chi connectivity index (χ1n) is 13.4. The van der Waals surface area contributed by atoms with Crippen molar-refractivity contribution in [1.29, 1.82) is 0 Å². The molecule has 0 spiro atoms. The molecular weight excluding hydrogens is 502 g/mol. The highest BCUT2D eigenvalue weighted by Gasteiger charge is 2.22. The summed E-state index contributed by atoms with van der Waals surface area (Å²) in [6.45, 7) is 7.91. The number of pyridine rings is 1.